The molecule has 1 fully saturated rings. The fourth-order valence-corrected chi connectivity index (χ4v) is 3.12. The molecule has 1 saturated carbocycles. The Balaban J connectivity index is 2.36. The molecule has 1 aliphatic carbocycles. The van der Waals surface area contributed by atoms with Gasteiger partial charge in [-0.15, -0.1) is 0 Å². The molecule has 0 aliphatic heterocycles. The maximum Gasteiger partial charge on any atom is 0.150 e. The van der Waals surface area contributed by atoms with Gasteiger partial charge in [-0.05, 0) is 44.4 Å². The molecule has 2 nitrogen and oxygen atoms in total. The molecule has 0 heterocycles. The number of benzene rings is 1. The minimum Gasteiger partial charge on any atom is -0.369 e. The number of halogens is 1. The molecular weight excluding hydrogens is 241 g/mol. The van der Waals surface area contributed by atoms with E-state index in [1.807, 2.05) is 6.92 Å². The number of aldehydes is 1. The minimum atomic E-state index is -0.322. The van der Waals surface area contributed by atoms with Crippen molar-refractivity contribution in [2.75, 3.05) is 11.4 Å². The largest absolute Gasteiger partial charge is 0.369 e. The molecule has 0 spiro atoms. The lowest BCUT2D eigenvalue weighted by molar-refractivity contribution is 0.112. The van der Waals surface area contributed by atoms with E-state index in [-0.39, 0.29) is 5.82 Å². The van der Waals surface area contributed by atoms with Crippen LogP contribution in [0.2, 0.25) is 0 Å². The summed E-state index contributed by atoms with van der Waals surface area (Å²) in [4.78, 5) is 13.3. The Kier molecular flexibility index (Phi) is 4.56. The summed E-state index contributed by atoms with van der Waals surface area (Å²) in [5, 5.41) is 0. The van der Waals surface area contributed by atoms with Gasteiger partial charge in [-0.2, -0.15) is 0 Å². The highest BCUT2D eigenvalue weighted by atomic mass is 19.1. The third-order valence-electron chi connectivity index (χ3n) is 4.18. The van der Waals surface area contributed by atoms with Crippen molar-refractivity contribution in [1.82, 2.24) is 0 Å². The Hall–Kier alpha value is -1.38. The average molecular weight is 263 g/mol. The van der Waals surface area contributed by atoms with Gasteiger partial charge < -0.3 is 4.90 Å². The summed E-state index contributed by atoms with van der Waals surface area (Å²) in [7, 11) is 0. The highest BCUT2D eigenvalue weighted by Gasteiger charge is 2.22. The first kappa shape index (κ1) is 14.0. The summed E-state index contributed by atoms with van der Waals surface area (Å²) in [6.45, 7) is 4.86. The van der Waals surface area contributed by atoms with Crippen molar-refractivity contribution in [2.45, 2.75) is 52.0 Å². The monoisotopic (exact) mass is 263 g/mol. The highest BCUT2D eigenvalue weighted by molar-refractivity contribution is 5.81. The fourth-order valence-electron chi connectivity index (χ4n) is 3.12. The summed E-state index contributed by atoms with van der Waals surface area (Å²) in [6, 6.07) is 3.37. The first-order valence-electron chi connectivity index (χ1n) is 7.19. The smallest absolute Gasteiger partial charge is 0.150 e. The highest BCUT2D eigenvalue weighted by Crippen LogP contribution is 2.31. The predicted octanol–water partition coefficient (Wildman–Crippen LogP) is 4.11. The Morgan fingerprint density at radius 3 is 2.58 bits per heavy atom. The van der Waals surface area contributed by atoms with Crippen LogP contribution in [0, 0.1) is 12.7 Å². The summed E-state index contributed by atoms with van der Waals surface area (Å²) < 4.78 is 13.7. The van der Waals surface area contributed by atoms with E-state index in [2.05, 4.69) is 11.8 Å². The van der Waals surface area contributed by atoms with E-state index < -0.39 is 0 Å². The normalized spacial score (nSPS) is 16.4. The van der Waals surface area contributed by atoms with Crippen molar-refractivity contribution < 1.29 is 9.18 Å². The van der Waals surface area contributed by atoms with Gasteiger partial charge in [0.15, 0.2) is 0 Å². The summed E-state index contributed by atoms with van der Waals surface area (Å²) >= 11 is 0. The number of hydrogen-bond acceptors (Lipinski definition) is 2. The molecule has 0 radical (unpaired) electrons. The van der Waals surface area contributed by atoms with Crippen LogP contribution in [0.25, 0.3) is 0 Å². The topological polar surface area (TPSA) is 20.3 Å². The third-order valence-corrected chi connectivity index (χ3v) is 4.18. The van der Waals surface area contributed by atoms with Gasteiger partial charge in [0.1, 0.15) is 12.1 Å². The van der Waals surface area contributed by atoms with Crippen LogP contribution in [0.1, 0.15) is 54.9 Å². The molecule has 0 unspecified atom stereocenters. The number of rotatable bonds is 4. The van der Waals surface area contributed by atoms with Gasteiger partial charge in [-0.3, -0.25) is 4.79 Å². The van der Waals surface area contributed by atoms with Crippen LogP contribution >= 0.6 is 0 Å². The van der Waals surface area contributed by atoms with Crippen molar-refractivity contribution in [3.05, 3.63) is 29.1 Å². The lowest BCUT2D eigenvalue weighted by Gasteiger charge is -2.36. The summed E-state index contributed by atoms with van der Waals surface area (Å²) in [5.74, 6) is -0.322. The standard InChI is InChI=1S/C16H22FNO/c1-3-18(15-7-5-4-6-8-15)16-10-14(17)9-13(11-19)12(16)2/h9-11,15H,3-8H2,1-2H3. The zero-order chi connectivity index (χ0) is 13.8. The van der Waals surface area contributed by atoms with Crippen LogP contribution in [0.15, 0.2) is 12.1 Å². The van der Waals surface area contributed by atoms with Crippen LogP contribution in [0.3, 0.4) is 0 Å². The number of carbonyl (C=O) groups excluding carboxylic acids is 1. The quantitative estimate of drug-likeness (QED) is 0.762. The molecule has 1 aromatic rings. The molecule has 1 aliphatic rings. The van der Waals surface area contributed by atoms with Crippen LogP contribution in [0.4, 0.5) is 10.1 Å². The van der Waals surface area contributed by atoms with Crippen LogP contribution in [-0.2, 0) is 0 Å². The van der Waals surface area contributed by atoms with Crippen molar-refractivity contribution in [3.8, 4) is 0 Å². The van der Waals surface area contributed by atoms with E-state index in [1.165, 1.54) is 38.2 Å². The van der Waals surface area contributed by atoms with E-state index in [0.29, 0.717) is 11.6 Å². The number of nitrogens with zero attached hydrogens (tertiary/aromatic N) is 1. The van der Waals surface area contributed by atoms with Gasteiger partial charge in [-0.1, -0.05) is 19.3 Å². The molecule has 0 aromatic heterocycles. The van der Waals surface area contributed by atoms with Crippen molar-refractivity contribution in [2.24, 2.45) is 0 Å². The van der Waals surface area contributed by atoms with Gasteiger partial charge in [0.25, 0.3) is 0 Å². The van der Waals surface area contributed by atoms with E-state index in [1.54, 1.807) is 6.07 Å². The van der Waals surface area contributed by atoms with Crippen molar-refractivity contribution in [3.63, 3.8) is 0 Å². The lowest BCUT2D eigenvalue weighted by Crippen LogP contribution is -2.37. The van der Waals surface area contributed by atoms with Gasteiger partial charge in [0.05, 0.1) is 0 Å². The molecule has 0 N–H and O–H groups in total. The maximum absolute atomic E-state index is 13.7. The fraction of sp³-hybridized carbons (Fsp3) is 0.562. The van der Waals surface area contributed by atoms with Gasteiger partial charge >= 0.3 is 0 Å². The van der Waals surface area contributed by atoms with Crippen molar-refractivity contribution >= 4 is 12.0 Å². The second-order valence-corrected chi connectivity index (χ2v) is 5.33. The van der Waals surface area contributed by atoms with E-state index >= 15 is 0 Å². The molecule has 19 heavy (non-hydrogen) atoms. The van der Waals surface area contributed by atoms with E-state index in [9.17, 15) is 9.18 Å². The molecular formula is C16H22FNO. The first-order chi connectivity index (χ1) is 9.17. The van der Waals surface area contributed by atoms with Crippen molar-refractivity contribution in [1.29, 1.82) is 0 Å². The van der Waals surface area contributed by atoms with Crippen LogP contribution in [0.5, 0.6) is 0 Å². The summed E-state index contributed by atoms with van der Waals surface area (Å²) in [6.07, 6.45) is 6.87. The number of hydrogen-bond donors (Lipinski definition) is 0. The van der Waals surface area contributed by atoms with Gasteiger partial charge in [0, 0.05) is 23.8 Å². The molecule has 104 valence electrons. The SMILES string of the molecule is CCN(c1cc(F)cc(C=O)c1C)C1CCCCC1. The maximum atomic E-state index is 13.7. The molecule has 0 saturated heterocycles. The van der Waals surface area contributed by atoms with Crippen LogP contribution < -0.4 is 4.90 Å². The molecule has 0 atom stereocenters. The first-order valence-corrected chi connectivity index (χ1v) is 7.19. The Morgan fingerprint density at radius 1 is 1.32 bits per heavy atom. The Morgan fingerprint density at radius 2 is 2.00 bits per heavy atom. The second-order valence-electron chi connectivity index (χ2n) is 5.33. The van der Waals surface area contributed by atoms with E-state index in [4.69, 9.17) is 0 Å². The second kappa shape index (κ2) is 6.18. The third kappa shape index (κ3) is 2.96. The summed E-state index contributed by atoms with van der Waals surface area (Å²) in [5.41, 5.74) is 2.24. The zero-order valence-electron chi connectivity index (χ0n) is 11.8. The van der Waals surface area contributed by atoms with Crippen LogP contribution in [-0.4, -0.2) is 18.9 Å². The Bertz CT molecular complexity index is 452. The molecule has 3 heteroatoms. The van der Waals surface area contributed by atoms with Gasteiger partial charge in [0.2, 0.25) is 0 Å². The Labute approximate surface area is 114 Å². The van der Waals surface area contributed by atoms with E-state index in [0.717, 1.165) is 24.1 Å². The predicted molar refractivity (Wildman–Crippen MR) is 76.4 cm³/mol. The minimum absolute atomic E-state index is 0.322. The number of anilines is 1. The molecule has 2 rings (SSSR count). The molecule has 0 amide bonds. The molecule has 1 aromatic carbocycles. The lowest BCUT2D eigenvalue weighted by atomic mass is 9.93. The number of carbonyl (C=O) groups is 1. The zero-order valence-corrected chi connectivity index (χ0v) is 11.8. The molecule has 0 bridgehead atoms. The van der Waals surface area contributed by atoms with Gasteiger partial charge in [-0.25, -0.2) is 4.39 Å². The average Bonchev–Trinajstić information content (AvgIpc) is 2.44.